The molecule has 0 saturated heterocycles. The van der Waals surface area contributed by atoms with Crippen LogP contribution < -0.4 is 11.1 Å². The first kappa shape index (κ1) is 13.8. The molecule has 19 heavy (non-hydrogen) atoms. The van der Waals surface area contributed by atoms with Crippen molar-refractivity contribution in [3.63, 3.8) is 0 Å². The van der Waals surface area contributed by atoms with Crippen LogP contribution >= 0.6 is 27.5 Å². The monoisotopic (exact) mass is 339 g/mol. The molecule has 6 heteroatoms. The summed E-state index contributed by atoms with van der Waals surface area (Å²) in [6.45, 7) is 1.90. The first-order chi connectivity index (χ1) is 8.97. The maximum atomic E-state index is 12.1. The summed E-state index contributed by atoms with van der Waals surface area (Å²) >= 11 is 9.25. The number of nitrogens with one attached hydrogen (secondary N) is 1. The Morgan fingerprint density at radius 1 is 1.42 bits per heavy atom. The van der Waals surface area contributed by atoms with Crippen LogP contribution in [0.15, 0.2) is 34.9 Å². The van der Waals surface area contributed by atoms with Crippen molar-refractivity contribution < 1.29 is 4.79 Å². The molecule has 0 aliphatic rings. The minimum atomic E-state index is -0.342. The number of benzene rings is 1. The van der Waals surface area contributed by atoms with Crippen molar-refractivity contribution in [3.8, 4) is 0 Å². The smallest absolute Gasteiger partial charge is 0.258 e. The highest BCUT2D eigenvalue weighted by Crippen LogP contribution is 2.23. The molecule has 0 radical (unpaired) electrons. The van der Waals surface area contributed by atoms with Crippen molar-refractivity contribution in [2.75, 3.05) is 11.1 Å². The molecule has 1 heterocycles. The van der Waals surface area contributed by atoms with Gasteiger partial charge >= 0.3 is 0 Å². The SMILES string of the molecule is Cc1ccc(Br)cc1NC(=O)c1cc(N)cnc1Cl. The lowest BCUT2D eigenvalue weighted by Crippen LogP contribution is -2.14. The minimum absolute atomic E-state index is 0.124. The molecule has 2 rings (SSSR count). The van der Waals surface area contributed by atoms with Crippen molar-refractivity contribution in [3.05, 3.63) is 51.2 Å². The Morgan fingerprint density at radius 2 is 2.16 bits per heavy atom. The van der Waals surface area contributed by atoms with Crippen molar-refractivity contribution >= 4 is 44.8 Å². The van der Waals surface area contributed by atoms with Crippen molar-refractivity contribution in [2.24, 2.45) is 0 Å². The molecule has 0 saturated carbocycles. The zero-order valence-corrected chi connectivity index (χ0v) is 12.4. The summed E-state index contributed by atoms with van der Waals surface area (Å²) in [5.41, 5.74) is 7.90. The third-order valence-electron chi connectivity index (χ3n) is 2.55. The summed E-state index contributed by atoms with van der Waals surface area (Å²) in [5, 5.41) is 2.91. The van der Waals surface area contributed by atoms with Crippen molar-refractivity contribution in [1.29, 1.82) is 0 Å². The van der Waals surface area contributed by atoms with Gasteiger partial charge in [0.2, 0.25) is 0 Å². The third kappa shape index (κ3) is 3.24. The molecule has 4 nitrogen and oxygen atoms in total. The predicted molar refractivity (Wildman–Crippen MR) is 80.5 cm³/mol. The number of nitrogen functional groups attached to an aromatic ring is 1. The normalized spacial score (nSPS) is 10.3. The standard InChI is InChI=1S/C13H11BrClN3O/c1-7-2-3-8(14)4-11(7)18-13(19)10-5-9(16)6-17-12(10)15/h2-6H,16H2,1H3,(H,18,19). The first-order valence-corrected chi connectivity index (χ1v) is 6.63. The number of carbonyl (C=O) groups excluding carboxylic acids is 1. The molecule has 0 aliphatic carbocycles. The van der Waals surface area contributed by atoms with Gasteiger partial charge in [0.1, 0.15) is 5.15 Å². The number of aromatic nitrogens is 1. The second-order valence-electron chi connectivity index (χ2n) is 4.02. The van der Waals surface area contributed by atoms with E-state index in [0.717, 1.165) is 10.0 Å². The highest BCUT2D eigenvalue weighted by Gasteiger charge is 2.13. The Labute approximate surface area is 124 Å². The van der Waals surface area contributed by atoms with Gasteiger partial charge in [-0.15, -0.1) is 0 Å². The van der Waals surface area contributed by atoms with Crippen LogP contribution in [0.1, 0.15) is 15.9 Å². The molecular weight excluding hydrogens is 330 g/mol. The molecule has 0 aliphatic heterocycles. The summed E-state index contributed by atoms with van der Waals surface area (Å²) in [7, 11) is 0. The Hall–Kier alpha value is -1.59. The summed E-state index contributed by atoms with van der Waals surface area (Å²) < 4.78 is 0.880. The molecule has 0 atom stereocenters. The number of aryl methyl sites for hydroxylation is 1. The van der Waals surface area contributed by atoms with Crippen molar-refractivity contribution in [2.45, 2.75) is 6.92 Å². The highest BCUT2D eigenvalue weighted by atomic mass is 79.9. The second kappa shape index (κ2) is 5.59. The van der Waals surface area contributed by atoms with E-state index in [0.29, 0.717) is 11.4 Å². The molecule has 2 aromatic rings. The van der Waals surface area contributed by atoms with Crippen LogP contribution in [-0.4, -0.2) is 10.9 Å². The summed E-state index contributed by atoms with van der Waals surface area (Å²) in [6, 6.07) is 7.12. The number of pyridine rings is 1. The van der Waals surface area contributed by atoms with Gasteiger partial charge < -0.3 is 11.1 Å². The summed E-state index contributed by atoms with van der Waals surface area (Å²) in [5.74, 6) is -0.342. The van der Waals surface area contributed by atoms with E-state index in [9.17, 15) is 4.79 Å². The van der Waals surface area contributed by atoms with Crippen LogP contribution in [-0.2, 0) is 0 Å². The van der Waals surface area contributed by atoms with Crippen LogP contribution in [0, 0.1) is 6.92 Å². The number of anilines is 2. The maximum Gasteiger partial charge on any atom is 0.258 e. The van der Waals surface area contributed by atoms with Gasteiger partial charge in [0.05, 0.1) is 17.4 Å². The van der Waals surface area contributed by atoms with Gasteiger partial charge in [0, 0.05) is 10.2 Å². The fourth-order valence-corrected chi connectivity index (χ4v) is 2.09. The number of amides is 1. The van der Waals surface area contributed by atoms with Gasteiger partial charge in [-0.1, -0.05) is 33.6 Å². The fourth-order valence-electron chi connectivity index (χ4n) is 1.54. The third-order valence-corrected chi connectivity index (χ3v) is 3.35. The van der Waals surface area contributed by atoms with Crippen LogP contribution in [0.2, 0.25) is 5.15 Å². The van der Waals surface area contributed by atoms with E-state index in [2.05, 4.69) is 26.2 Å². The topological polar surface area (TPSA) is 68.0 Å². The number of nitrogens with two attached hydrogens (primary N) is 1. The lowest BCUT2D eigenvalue weighted by atomic mass is 10.2. The number of hydrogen-bond acceptors (Lipinski definition) is 3. The first-order valence-electron chi connectivity index (χ1n) is 5.46. The van der Waals surface area contributed by atoms with Gasteiger partial charge in [-0.25, -0.2) is 4.98 Å². The number of halogens is 2. The zero-order chi connectivity index (χ0) is 14.0. The fraction of sp³-hybridized carbons (Fsp3) is 0.0769. The molecule has 98 valence electrons. The largest absolute Gasteiger partial charge is 0.397 e. The number of rotatable bonds is 2. The van der Waals surface area contributed by atoms with Gasteiger partial charge in [-0.3, -0.25) is 4.79 Å². The van der Waals surface area contributed by atoms with E-state index >= 15 is 0 Å². The molecule has 1 aromatic heterocycles. The lowest BCUT2D eigenvalue weighted by Gasteiger charge is -2.10. The van der Waals surface area contributed by atoms with Crippen LogP contribution in [0.3, 0.4) is 0 Å². The van der Waals surface area contributed by atoms with E-state index in [4.69, 9.17) is 17.3 Å². The van der Waals surface area contributed by atoms with E-state index < -0.39 is 0 Å². The Kier molecular flexibility index (Phi) is 4.07. The highest BCUT2D eigenvalue weighted by molar-refractivity contribution is 9.10. The predicted octanol–water partition coefficient (Wildman–Crippen LogP) is 3.64. The average molecular weight is 341 g/mol. The minimum Gasteiger partial charge on any atom is -0.397 e. The quantitative estimate of drug-likeness (QED) is 0.820. The Balaban J connectivity index is 2.30. The molecule has 0 bridgehead atoms. The number of carbonyl (C=O) groups is 1. The maximum absolute atomic E-state index is 12.1. The average Bonchev–Trinajstić information content (AvgIpc) is 2.36. The second-order valence-corrected chi connectivity index (χ2v) is 5.29. The van der Waals surface area contributed by atoms with E-state index in [1.54, 1.807) is 0 Å². The molecule has 0 fully saturated rings. The molecule has 0 unspecified atom stereocenters. The van der Waals surface area contributed by atoms with Gasteiger partial charge in [0.15, 0.2) is 0 Å². The van der Waals surface area contributed by atoms with E-state index in [1.165, 1.54) is 12.3 Å². The molecule has 1 aromatic carbocycles. The van der Waals surface area contributed by atoms with E-state index in [-0.39, 0.29) is 16.6 Å². The van der Waals surface area contributed by atoms with Crippen LogP contribution in [0.4, 0.5) is 11.4 Å². The molecule has 0 spiro atoms. The number of hydrogen-bond donors (Lipinski definition) is 2. The van der Waals surface area contributed by atoms with Gasteiger partial charge in [-0.2, -0.15) is 0 Å². The number of nitrogens with zero attached hydrogens (tertiary/aromatic N) is 1. The van der Waals surface area contributed by atoms with Gasteiger partial charge in [0.25, 0.3) is 5.91 Å². The van der Waals surface area contributed by atoms with Crippen LogP contribution in [0.25, 0.3) is 0 Å². The Morgan fingerprint density at radius 3 is 2.89 bits per heavy atom. The summed E-state index contributed by atoms with van der Waals surface area (Å²) in [4.78, 5) is 16.0. The molecule has 1 amide bonds. The Bertz CT molecular complexity index is 646. The lowest BCUT2D eigenvalue weighted by molar-refractivity contribution is 0.102. The summed E-state index contributed by atoms with van der Waals surface area (Å²) in [6.07, 6.45) is 1.41. The van der Waals surface area contributed by atoms with E-state index in [1.807, 2.05) is 25.1 Å². The van der Waals surface area contributed by atoms with Crippen LogP contribution in [0.5, 0.6) is 0 Å². The molecular formula is C13H11BrClN3O. The van der Waals surface area contributed by atoms with Gasteiger partial charge in [-0.05, 0) is 30.7 Å². The van der Waals surface area contributed by atoms with Crippen molar-refractivity contribution in [1.82, 2.24) is 4.98 Å². The molecule has 3 N–H and O–H groups in total. The zero-order valence-electron chi connectivity index (χ0n) is 10.1.